The molecule has 2 rings (SSSR count). The third kappa shape index (κ3) is 21.2. The first-order valence-corrected chi connectivity index (χ1v) is 35.3. The van der Waals surface area contributed by atoms with Crippen LogP contribution < -0.4 is 0 Å². The summed E-state index contributed by atoms with van der Waals surface area (Å²) in [7, 11) is -13.9. The zero-order valence-electron chi connectivity index (χ0n) is 32.6. The van der Waals surface area contributed by atoms with Crippen molar-refractivity contribution >= 4 is 63.0 Å². The molecule has 0 saturated heterocycles. The first kappa shape index (κ1) is 44.1. The van der Waals surface area contributed by atoms with Crippen LogP contribution in [0.3, 0.4) is 0 Å². The average molecular weight is 779 g/mol. The van der Waals surface area contributed by atoms with Crippen molar-refractivity contribution in [1.29, 1.82) is 0 Å². The highest BCUT2D eigenvalue weighted by atomic mass is 28.5. The molecule has 0 unspecified atom stereocenters. The Morgan fingerprint density at radius 1 is 0.429 bits per heavy atom. The van der Waals surface area contributed by atoms with Gasteiger partial charge in [-0.25, -0.2) is 0 Å². The van der Waals surface area contributed by atoms with E-state index in [4.69, 9.17) is 30.0 Å². The quantitative estimate of drug-likeness (QED) is 0.0777. The predicted molar refractivity (Wildman–Crippen MR) is 222 cm³/mol. The maximum absolute atomic E-state index is 6.81. The summed E-state index contributed by atoms with van der Waals surface area (Å²) >= 11 is 0. The Kier molecular flexibility index (Phi) is 18.2. The fraction of sp³-hybridized carbons (Fsp3) is 0.556. The highest BCUT2D eigenvalue weighted by Gasteiger charge is 2.47. The van der Waals surface area contributed by atoms with Gasteiger partial charge in [0.25, 0.3) is 0 Å². The van der Waals surface area contributed by atoms with Crippen molar-refractivity contribution in [3.05, 3.63) is 83.9 Å². The maximum Gasteiger partial charge on any atom is 0.314 e. The van der Waals surface area contributed by atoms with Crippen LogP contribution in [0.15, 0.2) is 72.8 Å². The third-order valence-corrected chi connectivity index (χ3v) is 30.6. The number of hydrogen-bond acceptors (Lipinski definition) is 7. The molecule has 0 bridgehead atoms. The fourth-order valence-electron chi connectivity index (χ4n) is 6.29. The molecule has 0 fully saturated rings. The second-order valence-electron chi connectivity index (χ2n) is 15.6. The van der Waals surface area contributed by atoms with Crippen molar-refractivity contribution in [3.63, 3.8) is 0 Å². The summed E-state index contributed by atoms with van der Waals surface area (Å²) in [4.78, 5) is 0. The van der Waals surface area contributed by atoms with E-state index in [1.54, 1.807) is 0 Å². The molecule has 0 saturated carbocycles. The summed E-state index contributed by atoms with van der Waals surface area (Å²) in [6, 6.07) is 22.6. The minimum atomic E-state index is -2.55. The molecule has 0 aromatic heterocycles. The molecule has 2 aromatic rings. The van der Waals surface area contributed by atoms with Crippen LogP contribution in [0.1, 0.15) is 24.0 Å². The van der Waals surface area contributed by atoms with Crippen LogP contribution in [0.2, 0.25) is 90.7 Å². The van der Waals surface area contributed by atoms with Crippen molar-refractivity contribution in [3.8, 4) is 0 Å². The van der Waals surface area contributed by atoms with E-state index in [2.05, 4.69) is 127 Å². The van der Waals surface area contributed by atoms with Gasteiger partial charge in [-0.3, -0.25) is 0 Å². The van der Waals surface area contributed by atoms with E-state index < -0.39 is 50.9 Å². The third-order valence-electron chi connectivity index (χ3n) is 7.30. The largest absolute Gasteiger partial charge is 0.436 e. The average Bonchev–Trinajstić information content (AvgIpc) is 2.94. The Bertz CT molecular complexity index is 1170. The summed E-state index contributed by atoms with van der Waals surface area (Å²) in [5, 5.41) is 0. The van der Waals surface area contributed by atoms with E-state index in [9.17, 15) is 0 Å². The standard InChI is InChI=1S/C36H66O7Si6/c1-44(2,33-21-31-37-29-19-27-35-23-15-13-16-24-35)39-46(5,6)41-48(9,10)43-49(11,12)42-47(7,8)40-45(3,4)34-22-32-38-30-20-28-36-25-17-14-18-26-36/h13-20,23-28H,21-22,29-34H2,1-12H3. The SMILES string of the molecule is C[Si](C)(CCCOCC=Cc1ccccc1)O[Si](C)(C)O[Si](C)(C)O[Si](C)(C)O[Si](C)(C)O[Si](C)(C)CCCOCC=Cc1ccccc1. The molecule has 0 spiro atoms. The number of ether oxygens (including phenoxy) is 2. The zero-order chi connectivity index (χ0) is 36.7. The molecular formula is C36H66O7Si6. The summed E-state index contributed by atoms with van der Waals surface area (Å²) < 4.78 is 45.7. The molecule has 0 heterocycles. The van der Waals surface area contributed by atoms with Gasteiger partial charge in [0.05, 0.1) is 13.2 Å². The second kappa shape index (κ2) is 20.3. The van der Waals surface area contributed by atoms with Crippen molar-refractivity contribution in [1.82, 2.24) is 0 Å². The summed E-state index contributed by atoms with van der Waals surface area (Å²) in [6.07, 6.45) is 10.3. The summed E-state index contributed by atoms with van der Waals surface area (Å²) in [6.45, 7) is 28.9. The van der Waals surface area contributed by atoms with Gasteiger partial charge in [-0.1, -0.05) is 85.0 Å². The Morgan fingerprint density at radius 3 is 1.06 bits per heavy atom. The van der Waals surface area contributed by atoms with Gasteiger partial charge in [0, 0.05) is 13.2 Å². The molecule has 276 valence electrons. The van der Waals surface area contributed by atoms with Crippen LogP contribution in [0.5, 0.6) is 0 Å². The van der Waals surface area contributed by atoms with Gasteiger partial charge in [-0.15, -0.1) is 0 Å². The number of benzene rings is 2. The Morgan fingerprint density at radius 2 is 0.735 bits per heavy atom. The molecule has 2 aromatic carbocycles. The van der Waals surface area contributed by atoms with Gasteiger partial charge in [-0.2, -0.15) is 0 Å². The molecule has 49 heavy (non-hydrogen) atoms. The van der Waals surface area contributed by atoms with Crippen LogP contribution in [0, 0.1) is 0 Å². The molecule has 0 aliphatic carbocycles. The minimum Gasteiger partial charge on any atom is -0.436 e. The molecule has 0 atom stereocenters. The Balaban J connectivity index is 1.74. The predicted octanol–water partition coefficient (Wildman–Crippen LogP) is 10.5. The summed E-state index contributed by atoms with van der Waals surface area (Å²) in [5.74, 6) is 0. The van der Waals surface area contributed by atoms with Gasteiger partial charge >= 0.3 is 34.2 Å². The highest BCUT2D eigenvalue weighted by molar-refractivity contribution is 6.91. The van der Waals surface area contributed by atoms with Gasteiger partial charge in [0.15, 0.2) is 16.6 Å². The molecule has 13 heteroatoms. The van der Waals surface area contributed by atoms with Crippen molar-refractivity contribution in [2.24, 2.45) is 0 Å². The molecule has 0 radical (unpaired) electrons. The molecule has 7 nitrogen and oxygen atoms in total. The van der Waals surface area contributed by atoms with E-state index in [1.165, 1.54) is 11.1 Å². The van der Waals surface area contributed by atoms with E-state index in [0.717, 1.165) is 38.1 Å². The Labute approximate surface area is 305 Å². The van der Waals surface area contributed by atoms with Crippen molar-refractivity contribution in [2.75, 3.05) is 26.4 Å². The molecule has 0 aliphatic heterocycles. The van der Waals surface area contributed by atoms with E-state index in [-0.39, 0.29) is 0 Å². The van der Waals surface area contributed by atoms with Crippen LogP contribution in [-0.2, 0) is 30.0 Å². The van der Waals surface area contributed by atoms with Gasteiger partial charge in [0.1, 0.15) is 0 Å². The lowest BCUT2D eigenvalue weighted by Crippen LogP contribution is -2.60. The van der Waals surface area contributed by atoms with Gasteiger partial charge < -0.3 is 30.0 Å². The topological polar surface area (TPSA) is 64.6 Å². The molecule has 0 aliphatic rings. The zero-order valence-corrected chi connectivity index (χ0v) is 38.6. The van der Waals surface area contributed by atoms with E-state index >= 15 is 0 Å². The maximum atomic E-state index is 6.81. The monoisotopic (exact) mass is 778 g/mol. The first-order chi connectivity index (χ1) is 22.7. The molecular weight excluding hydrogens is 713 g/mol. The lowest BCUT2D eigenvalue weighted by Gasteiger charge is -2.43. The Hall–Kier alpha value is -1.06. The smallest absolute Gasteiger partial charge is 0.314 e. The van der Waals surface area contributed by atoms with Crippen LogP contribution in [0.25, 0.3) is 12.2 Å². The normalized spacial score (nSPS) is 14.0. The first-order valence-electron chi connectivity index (χ1n) is 17.8. The van der Waals surface area contributed by atoms with Crippen molar-refractivity contribution in [2.45, 2.75) is 103 Å². The van der Waals surface area contributed by atoms with Gasteiger partial charge in [-0.05, 0) is 115 Å². The van der Waals surface area contributed by atoms with Crippen molar-refractivity contribution < 1.29 is 30.0 Å². The minimum absolute atomic E-state index is 0.618. The van der Waals surface area contributed by atoms with Crippen LogP contribution in [0.4, 0.5) is 0 Å². The molecule has 0 amide bonds. The highest BCUT2D eigenvalue weighted by Crippen LogP contribution is 2.29. The number of rotatable bonds is 24. The van der Waals surface area contributed by atoms with Crippen LogP contribution in [-0.4, -0.2) is 77.3 Å². The summed E-state index contributed by atoms with van der Waals surface area (Å²) in [5.41, 5.74) is 2.38. The fourth-order valence-corrected chi connectivity index (χ4v) is 36.1. The van der Waals surface area contributed by atoms with E-state index in [0.29, 0.717) is 13.2 Å². The lowest BCUT2D eigenvalue weighted by atomic mass is 10.2. The lowest BCUT2D eigenvalue weighted by molar-refractivity contribution is 0.162. The second-order valence-corrected chi connectivity index (χ2v) is 38.9. The van der Waals surface area contributed by atoms with E-state index in [1.807, 2.05) is 36.4 Å². The number of hydrogen-bond donors (Lipinski definition) is 0. The van der Waals surface area contributed by atoms with Crippen LogP contribution >= 0.6 is 0 Å². The van der Waals surface area contributed by atoms with Gasteiger partial charge in [0.2, 0.25) is 0 Å². The molecule has 0 N–H and O–H groups in total.